The zero-order valence-corrected chi connectivity index (χ0v) is 27.6. The van der Waals surface area contributed by atoms with Crippen molar-refractivity contribution in [1.29, 1.82) is 0 Å². The zero-order valence-electron chi connectivity index (χ0n) is 24.6. The van der Waals surface area contributed by atoms with Gasteiger partial charge >= 0.3 is 0 Å². The first-order chi connectivity index (χ1) is 21.0. The number of nitrogens with zero attached hydrogens (tertiary/aromatic N) is 2. The highest BCUT2D eigenvalue weighted by molar-refractivity contribution is 7.92. The highest BCUT2D eigenvalue weighted by atomic mass is 35.5. The third-order valence-electron chi connectivity index (χ3n) is 7.60. The Balaban J connectivity index is 1.74. The van der Waals surface area contributed by atoms with Gasteiger partial charge in [0.1, 0.15) is 12.6 Å². The van der Waals surface area contributed by atoms with E-state index in [2.05, 4.69) is 5.32 Å². The third-order valence-corrected chi connectivity index (χ3v) is 10.3. The molecule has 1 unspecified atom stereocenters. The summed E-state index contributed by atoms with van der Waals surface area (Å²) >= 11 is 19.0. The van der Waals surface area contributed by atoms with E-state index in [1.165, 1.54) is 61.6 Å². The summed E-state index contributed by atoms with van der Waals surface area (Å²) < 4.78 is 39.9. The van der Waals surface area contributed by atoms with Crippen LogP contribution in [-0.2, 0) is 26.2 Å². The number of rotatable bonds is 12. The molecular formula is C31H34Cl3N3O6S. The average molecular weight is 683 g/mol. The maximum atomic E-state index is 14.2. The average Bonchev–Trinajstić information content (AvgIpc) is 3.52. The topological polar surface area (TPSA) is 105 Å². The molecule has 0 saturated heterocycles. The van der Waals surface area contributed by atoms with Gasteiger partial charge in [-0.15, -0.1) is 0 Å². The molecule has 236 valence electrons. The normalized spacial score (nSPS) is 14.1. The van der Waals surface area contributed by atoms with Crippen molar-refractivity contribution < 1.29 is 27.5 Å². The smallest absolute Gasteiger partial charge is 0.264 e. The highest BCUT2D eigenvalue weighted by Crippen LogP contribution is 2.33. The van der Waals surface area contributed by atoms with Crippen molar-refractivity contribution >= 4 is 62.3 Å². The lowest BCUT2D eigenvalue weighted by molar-refractivity contribution is -0.139. The molecular weight excluding hydrogens is 649 g/mol. The molecule has 1 saturated carbocycles. The van der Waals surface area contributed by atoms with Gasteiger partial charge in [-0.05, 0) is 68.3 Å². The molecule has 1 fully saturated rings. The Kier molecular flexibility index (Phi) is 11.3. The molecule has 1 N–H and O–H groups in total. The first-order valence-electron chi connectivity index (χ1n) is 14.0. The van der Waals surface area contributed by atoms with E-state index in [-0.39, 0.29) is 34.8 Å². The number of methoxy groups -OCH3 is 2. The first-order valence-corrected chi connectivity index (χ1v) is 16.6. The molecule has 1 aliphatic carbocycles. The van der Waals surface area contributed by atoms with E-state index < -0.39 is 28.5 Å². The number of anilines is 1. The van der Waals surface area contributed by atoms with Crippen molar-refractivity contribution in [2.24, 2.45) is 0 Å². The van der Waals surface area contributed by atoms with Crippen LogP contribution in [0.4, 0.5) is 5.69 Å². The lowest BCUT2D eigenvalue weighted by atomic mass is 10.1. The van der Waals surface area contributed by atoms with Gasteiger partial charge in [-0.1, -0.05) is 53.7 Å². The standard InChI is InChI=1S/C31H34Cl3N3O6S/c1-20(31(39)35-22-7-4-5-8-22)36(18-25-26(33)9-6-10-27(25)34)30(38)19-37(23-13-11-21(32)12-14-23)44(40,41)24-15-16-28(42-2)29(17-24)43-3/h6,9-17,20,22H,4-5,7-8,18-19H2,1-3H3,(H,35,39). The Labute approximate surface area is 273 Å². The monoisotopic (exact) mass is 681 g/mol. The zero-order chi connectivity index (χ0) is 32.0. The lowest BCUT2D eigenvalue weighted by Crippen LogP contribution is -2.52. The van der Waals surface area contributed by atoms with Crippen LogP contribution in [0.15, 0.2) is 65.6 Å². The third kappa shape index (κ3) is 7.72. The second kappa shape index (κ2) is 14.7. The Morgan fingerprint density at radius 1 is 0.932 bits per heavy atom. The number of carbonyl (C=O) groups excluding carboxylic acids is 2. The van der Waals surface area contributed by atoms with Crippen molar-refractivity contribution in [2.45, 2.75) is 56.1 Å². The molecule has 4 rings (SSSR count). The first kappa shape index (κ1) is 33.7. The van der Waals surface area contributed by atoms with E-state index in [0.29, 0.717) is 26.4 Å². The van der Waals surface area contributed by atoms with Gasteiger partial charge in [0.25, 0.3) is 10.0 Å². The summed E-state index contributed by atoms with van der Waals surface area (Å²) in [5.74, 6) is -0.461. The molecule has 0 heterocycles. The summed E-state index contributed by atoms with van der Waals surface area (Å²) in [4.78, 5) is 28.8. The number of benzene rings is 3. The minimum absolute atomic E-state index is 0.0156. The van der Waals surface area contributed by atoms with E-state index >= 15 is 0 Å². The van der Waals surface area contributed by atoms with E-state index in [1.807, 2.05) is 0 Å². The summed E-state index contributed by atoms with van der Waals surface area (Å²) in [5, 5.41) is 4.04. The molecule has 0 aliphatic heterocycles. The maximum Gasteiger partial charge on any atom is 0.264 e. The fourth-order valence-electron chi connectivity index (χ4n) is 5.07. The summed E-state index contributed by atoms with van der Waals surface area (Å²) in [7, 11) is -1.52. The lowest BCUT2D eigenvalue weighted by Gasteiger charge is -2.33. The van der Waals surface area contributed by atoms with Crippen LogP contribution in [0.25, 0.3) is 0 Å². The molecule has 0 bridgehead atoms. The molecule has 3 aromatic rings. The van der Waals surface area contributed by atoms with Gasteiger partial charge in [0.05, 0.1) is 24.8 Å². The van der Waals surface area contributed by atoms with Gasteiger partial charge in [-0.3, -0.25) is 13.9 Å². The Morgan fingerprint density at radius 2 is 1.55 bits per heavy atom. The van der Waals surface area contributed by atoms with E-state index in [4.69, 9.17) is 44.3 Å². The molecule has 44 heavy (non-hydrogen) atoms. The molecule has 2 amide bonds. The molecule has 3 aromatic carbocycles. The van der Waals surface area contributed by atoms with Gasteiger partial charge in [-0.25, -0.2) is 8.42 Å². The Morgan fingerprint density at radius 3 is 2.14 bits per heavy atom. The minimum Gasteiger partial charge on any atom is -0.493 e. The Hall–Kier alpha value is -3.18. The van der Waals surface area contributed by atoms with E-state index in [1.54, 1.807) is 25.1 Å². The molecule has 0 radical (unpaired) electrons. The minimum atomic E-state index is -4.35. The van der Waals surface area contributed by atoms with Crippen LogP contribution in [-0.4, -0.2) is 58.0 Å². The van der Waals surface area contributed by atoms with Crippen molar-refractivity contribution in [2.75, 3.05) is 25.1 Å². The SMILES string of the molecule is COc1ccc(S(=O)(=O)N(CC(=O)N(Cc2c(Cl)cccc2Cl)C(C)C(=O)NC2CCCC2)c2ccc(Cl)cc2)cc1OC. The number of ether oxygens (including phenoxy) is 2. The van der Waals surface area contributed by atoms with Crippen LogP contribution in [0.1, 0.15) is 38.2 Å². The van der Waals surface area contributed by atoms with Gasteiger partial charge in [-0.2, -0.15) is 0 Å². The second-order valence-corrected chi connectivity index (χ2v) is 13.5. The molecule has 1 atom stereocenters. The maximum absolute atomic E-state index is 14.2. The second-order valence-electron chi connectivity index (χ2n) is 10.4. The molecule has 0 aromatic heterocycles. The quantitative estimate of drug-likeness (QED) is 0.239. The van der Waals surface area contributed by atoms with E-state index in [9.17, 15) is 18.0 Å². The van der Waals surface area contributed by atoms with Crippen LogP contribution >= 0.6 is 34.8 Å². The van der Waals surface area contributed by atoms with Crippen LogP contribution in [0.3, 0.4) is 0 Å². The molecule has 13 heteroatoms. The summed E-state index contributed by atoms with van der Waals surface area (Å²) in [6.07, 6.45) is 3.75. The van der Waals surface area contributed by atoms with Crippen molar-refractivity contribution in [3.63, 3.8) is 0 Å². The summed E-state index contributed by atoms with van der Waals surface area (Å²) in [6.45, 7) is 0.839. The fraction of sp³-hybridized carbons (Fsp3) is 0.355. The highest BCUT2D eigenvalue weighted by Gasteiger charge is 2.34. The van der Waals surface area contributed by atoms with Crippen molar-refractivity contribution in [3.8, 4) is 11.5 Å². The van der Waals surface area contributed by atoms with Crippen LogP contribution in [0, 0.1) is 0 Å². The van der Waals surface area contributed by atoms with E-state index in [0.717, 1.165) is 30.0 Å². The number of hydrogen-bond acceptors (Lipinski definition) is 6. The predicted molar refractivity (Wildman–Crippen MR) is 172 cm³/mol. The van der Waals surface area contributed by atoms with Gasteiger partial charge in [0.2, 0.25) is 11.8 Å². The van der Waals surface area contributed by atoms with Crippen molar-refractivity contribution in [3.05, 3.63) is 81.3 Å². The van der Waals surface area contributed by atoms with Crippen LogP contribution in [0.5, 0.6) is 11.5 Å². The van der Waals surface area contributed by atoms with Gasteiger partial charge in [0.15, 0.2) is 11.5 Å². The number of carbonyl (C=O) groups is 2. The number of nitrogens with one attached hydrogen (secondary N) is 1. The van der Waals surface area contributed by atoms with Gasteiger partial charge in [0, 0.05) is 39.3 Å². The predicted octanol–water partition coefficient (Wildman–Crippen LogP) is 6.34. The fourth-order valence-corrected chi connectivity index (χ4v) is 7.14. The number of hydrogen-bond donors (Lipinski definition) is 1. The molecule has 0 spiro atoms. The molecule has 1 aliphatic rings. The van der Waals surface area contributed by atoms with Crippen LogP contribution < -0.4 is 19.1 Å². The molecule has 9 nitrogen and oxygen atoms in total. The van der Waals surface area contributed by atoms with Gasteiger partial charge < -0.3 is 19.7 Å². The summed E-state index contributed by atoms with van der Waals surface area (Å²) in [6, 6.07) is 14.2. The number of sulfonamides is 1. The van der Waals surface area contributed by atoms with Crippen LogP contribution in [0.2, 0.25) is 15.1 Å². The Bertz CT molecular complexity index is 1580. The number of halogens is 3. The largest absolute Gasteiger partial charge is 0.493 e. The number of amides is 2. The van der Waals surface area contributed by atoms with Crippen molar-refractivity contribution in [1.82, 2.24) is 10.2 Å². The summed E-state index contributed by atoms with van der Waals surface area (Å²) in [5.41, 5.74) is 0.627.